The van der Waals surface area contributed by atoms with E-state index in [9.17, 15) is 23.1 Å². The van der Waals surface area contributed by atoms with E-state index in [1.165, 1.54) is 34.9 Å². The number of aromatic nitrogens is 1. The number of hydrogen-bond acceptors (Lipinski definition) is 3. The van der Waals surface area contributed by atoms with Gasteiger partial charge in [0.15, 0.2) is 0 Å². The van der Waals surface area contributed by atoms with Gasteiger partial charge in [-0.2, -0.15) is 13.2 Å². The summed E-state index contributed by atoms with van der Waals surface area (Å²) in [7, 11) is 0. The Balaban J connectivity index is 1.30. The zero-order valence-electron chi connectivity index (χ0n) is 20.9. The van der Waals surface area contributed by atoms with Crippen LogP contribution in [-0.4, -0.2) is 57.7 Å². The van der Waals surface area contributed by atoms with Crippen LogP contribution in [0.2, 0.25) is 0 Å². The Morgan fingerprint density at radius 3 is 2.49 bits per heavy atom. The second-order valence-corrected chi connectivity index (χ2v) is 11.1. The van der Waals surface area contributed by atoms with Gasteiger partial charge in [-0.15, -0.1) is 0 Å². The van der Waals surface area contributed by atoms with Crippen molar-refractivity contribution in [3.8, 4) is 0 Å². The van der Waals surface area contributed by atoms with E-state index in [0.717, 1.165) is 37.0 Å². The van der Waals surface area contributed by atoms with Crippen molar-refractivity contribution in [3.05, 3.63) is 70.4 Å². The van der Waals surface area contributed by atoms with Crippen molar-refractivity contribution in [2.45, 2.75) is 63.3 Å². The van der Waals surface area contributed by atoms with Gasteiger partial charge >= 0.3 is 12.1 Å². The third kappa shape index (κ3) is 4.66. The largest absolute Gasteiger partial charge is 0.478 e. The minimum Gasteiger partial charge on any atom is -0.478 e. The van der Waals surface area contributed by atoms with E-state index >= 15 is 0 Å². The molecule has 6 rings (SSSR count). The first-order valence-electron chi connectivity index (χ1n) is 13.2. The molecule has 5 nitrogen and oxygen atoms in total. The molecule has 2 saturated heterocycles. The van der Waals surface area contributed by atoms with E-state index in [1.54, 1.807) is 12.1 Å². The molecule has 3 heterocycles. The normalized spacial score (nSPS) is 23.9. The number of H-pyrrole nitrogens is 1. The predicted molar refractivity (Wildman–Crippen MR) is 136 cm³/mol. The third-order valence-corrected chi connectivity index (χ3v) is 8.68. The van der Waals surface area contributed by atoms with E-state index in [4.69, 9.17) is 0 Å². The molecule has 2 aliphatic heterocycles. The molecule has 196 valence electrons. The molecule has 0 bridgehead atoms. The van der Waals surface area contributed by atoms with E-state index in [1.807, 2.05) is 23.2 Å². The Hall–Kier alpha value is -2.84. The van der Waals surface area contributed by atoms with Crippen molar-refractivity contribution in [1.29, 1.82) is 0 Å². The summed E-state index contributed by atoms with van der Waals surface area (Å²) < 4.78 is 39.4. The number of aromatic amines is 1. The number of carboxylic acids is 1. The summed E-state index contributed by atoms with van der Waals surface area (Å²) in [5.74, 6) is -1.60. The molecule has 1 aromatic heterocycles. The number of nitrogens with zero attached hydrogens (tertiary/aromatic N) is 2. The van der Waals surface area contributed by atoms with Crippen LogP contribution in [-0.2, 0) is 6.54 Å². The molecule has 2 atom stereocenters. The van der Waals surface area contributed by atoms with Crippen LogP contribution in [0.25, 0.3) is 10.9 Å². The number of carboxylic acid groups (broad SMARTS) is 1. The number of rotatable bonds is 6. The van der Waals surface area contributed by atoms with Gasteiger partial charge in [-0.3, -0.25) is 9.80 Å². The maximum absolute atomic E-state index is 13.1. The first-order chi connectivity index (χ1) is 17.7. The number of fused-ring (bicyclic) bond motifs is 1. The van der Waals surface area contributed by atoms with Crippen LogP contribution in [0.4, 0.5) is 13.2 Å². The minimum atomic E-state index is -4.13. The third-order valence-electron chi connectivity index (χ3n) is 8.68. The smallest absolute Gasteiger partial charge is 0.394 e. The Morgan fingerprint density at radius 1 is 1.11 bits per heavy atom. The number of aromatic carboxylic acids is 1. The molecule has 1 saturated carbocycles. The summed E-state index contributed by atoms with van der Waals surface area (Å²) >= 11 is 0. The lowest BCUT2D eigenvalue weighted by molar-refractivity contribution is -0.216. The van der Waals surface area contributed by atoms with Crippen molar-refractivity contribution in [2.75, 3.05) is 19.6 Å². The van der Waals surface area contributed by atoms with E-state index in [-0.39, 0.29) is 30.7 Å². The van der Waals surface area contributed by atoms with Gasteiger partial charge in [0.05, 0.1) is 11.5 Å². The fourth-order valence-corrected chi connectivity index (χ4v) is 6.36. The highest BCUT2D eigenvalue weighted by Crippen LogP contribution is 2.46. The lowest BCUT2D eigenvalue weighted by Gasteiger charge is -2.50. The van der Waals surface area contributed by atoms with Gasteiger partial charge in [0.1, 0.15) is 0 Å². The molecule has 3 aliphatic rings. The van der Waals surface area contributed by atoms with Crippen molar-refractivity contribution in [2.24, 2.45) is 5.92 Å². The first kappa shape index (κ1) is 24.5. The Morgan fingerprint density at radius 2 is 1.84 bits per heavy atom. The molecule has 3 fully saturated rings. The molecule has 0 radical (unpaired) electrons. The first-order valence-corrected chi connectivity index (χ1v) is 13.2. The lowest BCUT2D eigenvalue weighted by Crippen LogP contribution is -2.59. The topological polar surface area (TPSA) is 59.6 Å². The van der Waals surface area contributed by atoms with Crippen LogP contribution in [0.3, 0.4) is 0 Å². The molecule has 3 aromatic rings. The molecule has 0 amide bonds. The molecule has 37 heavy (non-hydrogen) atoms. The van der Waals surface area contributed by atoms with Crippen LogP contribution in [0.15, 0.2) is 42.6 Å². The van der Waals surface area contributed by atoms with E-state index in [2.05, 4.69) is 28.9 Å². The van der Waals surface area contributed by atoms with E-state index < -0.39 is 18.1 Å². The van der Waals surface area contributed by atoms with Crippen LogP contribution in [0.5, 0.6) is 0 Å². The number of benzene rings is 2. The zero-order chi connectivity index (χ0) is 25.9. The van der Waals surface area contributed by atoms with Crippen molar-refractivity contribution in [1.82, 2.24) is 14.8 Å². The number of halogens is 3. The maximum Gasteiger partial charge on any atom is 0.394 e. The average Bonchev–Trinajstić information content (AvgIpc) is 3.55. The SMILES string of the molecule is Cc1cc(C2CC2)c(CN2CC[C@H](N3CC(C(F)(F)F)C3)C[C@@H]2c2ccc(C(=O)O)cc2)c2cc[nH]c12. The predicted octanol–water partition coefficient (Wildman–Crippen LogP) is 6.25. The molecule has 0 spiro atoms. The van der Waals surface area contributed by atoms with Crippen molar-refractivity contribution < 1.29 is 23.1 Å². The number of piperidine rings is 1. The average molecular weight is 512 g/mol. The summed E-state index contributed by atoms with van der Waals surface area (Å²) in [4.78, 5) is 19.2. The van der Waals surface area contributed by atoms with Crippen LogP contribution in [0.1, 0.15) is 70.3 Å². The number of aryl methyl sites for hydroxylation is 1. The molecular formula is C29H32F3N3O2. The Labute approximate surface area is 214 Å². The number of likely N-dealkylation sites (tertiary alicyclic amines) is 2. The van der Waals surface area contributed by atoms with Gasteiger partial charge in [0.25, 0.3) is 0 Å². The number of alkyl halides is 3. The van der Waals surface area contributed by atoms with Crippen LogP contribution in [0, 0.1) is 12.8 Å². The van der Waals surface area contributed by atoms with Gasteiger partial charge in [0.2, 0.25) is 0 Å². The molecule has 8 heteroatoms. The molecule has 2 N–H and O–H groups in total. The lowest BCUT2D eigenvalue weighted by atomic mass is 9.86. The fourth-order valence-electron chi connectivity index (χ4n) is 6.36. The summed E-state index contributed by atoms with van der Waals surface area (Å²) in [5, 5.41) is 10.6. The Kier molecular flexibility index (Phi) is 6.07. The number of nitrogens with one attached hydrogen (secondary N) is 1. The quantitative estimate of drug-likeness (QED) is 0.411. The zero-order valence-corrected chi connectivity index (χ0v) is 20.9. The van der Waals surface area contributed by atoms with Crippen molar-refractivity contribution >= 4 is 16.9 Å². The second-order valence-electron chi connectivity index (χ2n) is 11.1. The van der Waals surface area contributed by atoms with Crippen LogP contribution >= 0.6 is 0 Å². The summed E-state index contributed by atoms with van der Waals surface area (Å²) in [6, 6.07) is 11.6. The summed E-state index contributed by atoms with van der Waals surface area (Å²) in [5.41, 5.74) is 6.44. The highest BCUT2D eigenvalue weighted by Gasteiger charge is 2.49. The van der Waals surface area contributed by atoms with Gasteiger partial charge in [-0.05, 0) is 79.0 Å². The Bertz CT molecular complexity index is 1310. The van der Waals surface area contributed by atoms with Crippen LogP contribution < -0.4 is 0 Å². The molecule has 2 aromatic carbocycles. The fraction of sp³-hybridized carbons (Fsp3) is 0.483. The standard InChI is InChI=1S/C29H32F3N3O2/c1-17-12-24(18-2-3-18)25(23-8-10-33-27(17)23)16-34-11-9-22(35-14-21(15-35)29(30,31)32)13-26(34)19-4-6-20(7-5-19)28(36)37/h4-8,10,12,18,21-22,26,33H,2-3,9,11,13-16H2,1H3,(H,36,37)/t22-,26+/m0/s1. The summed E-state index contributed by atoms with van der Waals surface area (Å²) in [6.07, 6.45) is 1.84. The number of hydrogen-bond donors (Lipinski definition) is 2. The van der Waals surface area contributed by atoms with Gasteiger partial charge in [-0.1, -0.05) is 18.2 Å². The highest BCUT2D eigenvalue weighted by molar-refractivity contribution is 5.88. The van der Waals surface area contributed by atoms with Gasteiger partial charge in [-0.25, -0.2) is 4.79 Å². The highest BCUT2D eigenvalue weighted by atomic mass is 19.4. The van der Waals surface area contributed by atoms with E-state index in [0.29, 0.717) is 5.92 Å². The number of carbonyl (C=O) groups is 1. The van der Waals surface area contributed by atoms with Gasteiger partial charge < -0.3 is 10.1 Å². The molecule has 1 aliphatic carbocycles. The summed E-state index contributed by atoms with van der Waals surface area (Å²) in [6.45, 7) is 3.85. The minimum absolute atomic E-state index is 0.00822. The molecular weight excluding hydrogens is 479 g/mol. The van der Waals surface area contributed by atoms with Gasteiger partial charge in [0, 0.05) is 55.4 Å². The maximum atomic E-state index is 13.1. The second kappa shape index (κ2) is 9.17. The monoisotopic (exact) mass is 511 g/mol. The molecule has 0 unspecified atom stereocenters. The van der Waals surface area contributed by atoms with Crippen molar-refractivity contribution in [3.63, 3.8) is 0 Å².